The lowest BCUT2D eigenvalue weighted by atomic mass is 10.2. The smallest absolute Gasteiger partial charge is 0.408 e. The molecule has 1 aliphatic heterocycles. The molecule has 0 unspecified atom stereocenters. The molecule has 0 bridgehead atoms. The molecule has 2 N–H and O–H groups in total. The normalized spacial score (nSPS) is 17.5. The second-order valence-corrected chi connectivity index (χ2v) is 5.86. The number of anilines is 1. The van der Waals surface area contributed by atoms with Crippen LogP contribution in [0, 0.1) is 17.5 Å². The van der Waals surface area contributed by atoms with Gasteiger partial charge < -0.3 is 20.1 Å². The lowest BCUT2D eigenvalue weighted by Crippen LogP contribution is -2.48. The molecule has 9 heteroatoms. The number of benzene rings is 1. The quantitative estimate of drug-likeness (QED) is 0.774. The Morgan fingerprint density at radius 3 is 2.61 bits per heavy atom. The lowest BCUT2D eigenvalue weighted by molar-refractivity contribution is -0.118. The highest BCUT2D eigenvalue weighted by Gasteiger charge is 2.32. The van der Waals surface area contributed by atoms with E-state index in [-0.39, 0.29) is 0 Å². The van der Waals surface area contributed by atoms with E-state index in [4.69, 9.17) is 9.47 Å². The highest BCUT2D eigenvalue weighted by atomic mass is 19.2. The molecule has 1 aromatic carbocycles. The van der Waals surface area contributed by atoms with Crippen LogP contribution in [0.15, 0.2) is 6.07 Å². The molecule has 0 saturated carbocycles. The van der Waals surface area contributed by atoms with Crippen LogP contribution in [0.5, 0.6) is 5.75 Å². The molecule has 1 heterocycles. The minimum atomic E-state index is -1.45. The van der Waals surface area contributed by atoms with Gasteiger partial charge in [0.15, 0.2) is 17.4 Å². The van der Waals surface area contributed by atoms with Crippen molar-refractivity contribution in [2.75, 3.05) is 11.9 Å². The minimum Gasteiger partial charge on any atom is -0.485 e. The van der Waals surface area contributed by atoms with Crippen LogP contribution >= 0.6 is 0 Å². The van der Waals surface area contributed by atoms with Gasteiger partial charge in [0.25, 0.3) is 5.91 Å². The lowest BCUT2D eigenvalue weighted by Gasteiger charge is -2.22. The number of hydrogen-bond donors (Lipinski definition) is 2. The van der Waals surface area contributed by atoms with Crippen LogP contribution in [0.4, 0.5) is 23.7 Å². The number of alkyl carbamates (subject to hydrolysis) is 1. The van der Waals surface area contributed by atoms with Crippen molar-refractivity contribution in [3.63, 3.8) is 0 Å². The summed E-state index contributed by atoms with van der Waals surface area (Å²) in [5, 5.41) is 4.28. The molecule has 2 rings (SSSR count). The Morgan fingerprint density at radius 1 is 1.35 bits per heavy atom. The topological polar surface area (TPSA) is 76.7 Å². The van der Waals surface area contributed by atoms with Crippen LogP contribution in [-0.2, 0) is 9.53 Å². The first kappa shape index (κ1) is 16.9. The molecular formula is C14H15F3N2O4. The molecule has 23 heavy (non-hydrogen) atoms. The van der Waals surface area contributed by atoms with Gasteiger partial charge in [0.1, 0.15) is 23.9 Å². The highest BCUT2D eigenvalue weighted by molar-refractivity contribution is 5.98. The molecule has 0 radical (unpaired) electrons. The molecule has 126 valence electrons. The molecule has 0 aromatic heterocycles. The number of halogens is 3. The van der Waals surface area contributed by atoms with Gasteiger partial charge in [0.05, 0.1) is 0 Å². The maximum absolute atomic E-state index is 13.7. The molecule has 1 aromatic rings. The zero-order chi connectivity index (χ0) is 17.4. The average Bonchev–Trinajstić information content (AvgIpc) is 2.55. The Bertz CT molecular complexity index is 658. The fourth-order valence-electron chi connectivity index (χ4n) is 1.84. The van der Waals surface area contributed by atoms with E-state index in [1.807, 2.05) is 0 Å². The third kappa shape index (κ3) is 3.85. The number of rotatable bonds is 1. The zero-order valence-electron chi connectivity index (χ0n) is 12.6. The molecule has 0 spiro atoms. The standard InChI is InChI=1S/C14H15F3N2O4/c1-14(2,3)23-13(21)18-8-5-22-11-9(17)6(15)4-7(16)10(11)19-12(8)20/h4,8H,5H2,1-3H3,(H,18,21)(H,19,20)/t8-/m0/s1. The maximum atomic E-state index is 13.7. The van der Waals surface area contributed by atoms with E-state index < -0.39 is 59.1 Å². The largest absolute Gasteiger partial charge is 0.485 e. The van der Waals surface area contributed by atoms with Crippen LogP contribution in [0.1, 0.15) is 20.8 Å². The zero-order valence-corrected chi connectivity index (χ0v) is 12.6. The van der Waals surface area contributed by atoms with E-state index in [0.29, 0.717) is 6.07 Å². The van der Waals surface area contributed by atoms with E-state index >= 15 is 0 Å². The summed E-state index contributed by atoms with van der Waals surface area (Å²) in [6.07, 6.45) is -0.903. The van der Waals surface area contributed by atoms with Gasteiger partial charge in [-0.15, -0.1) is 0 Å². The van der Waals surface area contributed by atoms with Crippen LogP contribution < -0.4 is 15.4 Å². The van der Waals surface area contributed by atoms with Crippen molar-refractivity contribution in [1.29, 1.82) is 0 Å². The molecule has 6 nitrogen and oxygen atoms in total. The molecule has 1 aliphatic rings. The Hall–Kier alpha value is -2.45. The van der Waals surface area contributed by atoms with Gasteiger partial charge >= 0.3 is 6.09 Å². The Kier molecular flexibility index (Phi) is 4.39. The Labute approximate surface area is 129 Å². The van der Waals surface area contributed by atoms with Crippen molar-refractivity contribution >= 4 is 17.7 Å². The summed E-state index contributed by atoms with van der Waals surface area (Å²) in [6.45, 7) is 4.36. The second-order valence-electron chi connectivity index (χ2n) is 5.86. The number of carbonyl (C=O) groups is 2. The average molecular weight is 332 g/mol. The van der Waals surface area contributed by atoms with Gasteiger partial charge in [0, 0.05) is 6.07 Å². The molecule has 0 fully saturated rings. The van der Waals surface area contributed by atoms with Crippen molar-refractivity contribution < 1.29 is 32.2 Å². The number of ether oxygens (including phenoxy) is 2. The summed E-state index contributed by atoms with van der Waals surface area (Å²) in [5.74, 6) is -5.68. The SMILES string of the molecule is CC(C)(C)OC(=O)N[C@H]1COc2c(F)c(F)cc(F)c2NC1=O. The van der Waals surface area contributed by atoms with Crippen molar-refractivity contribution in [2.24, 2.45) is 0 Å². The summed E-state index contributed by atoms with van der Waals surface area (Å²) in [5.41, 5.74) is -1.42. The van der Waals surface area contributed by atoms with Crippen LogP contribution in [0.2, 0.25) is 0 Å². The molecule has 2 amide bonds. The minimum absolute atomic E-state index is 0.291. The number of hydrogen-bond acceptors (Lipinski definition) is 4. The summed E-state index contributed by atoms with van der Waals surface area (Å²) in [4.78, 5) is 23.7. The number of carbonyl (C=O) groups excluding carboxylic acids is 2. The summed E-state index contributed by atoms with van der Waals surface area (Å²) < 4.78 is 50.4. The molecule has 0 saturated heterocycles. The number of nitrogens with one attached hydrogen (secondary N) is 2. The third-order valence-corrected chi connectivity index (χ3v) is 2.78. The fourth-order valence-corrected chi connectivity index (χ4v) is 1.84. The molecular weight excluding hydrogens is 317 g/mol. The number of fused-ring (bicyclic) bond motifs is 1. The molecule has 1 atom stereocenters. The first-order chi connectivity index (χ1) is 10.6. The Morgan fingerprint density at radius 2 is 2.00 bits per heavy atom. The summed E-state index contributed by atoms with van der Waals surface area (Å²) >= 11 is 0. The monoisotopic (exact) mass is 332 g/mol. The van der Waals surface area contributed by atoms with Crippen LogP contribution in [-0.4, -0.2) is 30.3 Å². The van der Waals surface area contributed by atoms with E-state index in [2.05, 4.69) is 10.6 Å². The van der Waals surface area contributed by atoms with Crippen molar-refractivity contribution in [3.8, 4) is 5.75 Å². The molecule has 0 aliphatic carbocycles. The van der Waals surface area contributed by atoms with Crippen molar-refractivity contribution in [2.45, 2.75) is 32.4 Å². The van der Waals surface area contributed by atoms with Crippen molar-refractivity contribution in [3.05, 3.63) is 23.5 Å². The summed E-state index contributed by atoms with van der Waals surface area (Å²) in [7, 11) is 0. The fraction of sp³-hybridized carbons (Fsp3) is 0.429. The van der Waals surface area contributed by atoms with Gasteiger partial charge in [-0.05, 0) is 20.8 Å². The van der Waals surface area contributed by atoms with E-state index in [9.17, 15) is 22.8 Å². The second kappa shape index (κ2) is 5.98. The van der Waals surface area contributed by atoms with E-state index in [0.717, 1.165) is 0 Å². The van der Waals surface area contributed by atoms with Gasteiger partial charge in [-0.2, -0.15) is 4.39 Å². The predicted molar refractivity (Wildman–Crippen MR) is 73.6 cm³/mol. The van der Waals surface area contributed by atoms with Crippen molar-refractivity contribution in [1.82, 2.24) is 5.32 Å². The number of amides is 2. The highest BCUT2D eigenvalue weighted by Crippen LogP contribution is 2.34. The van der Waals surface area contributed by atoms with Gasteiger partial charge in [0.2, 0.25) is 5.82 Å². The first-order valence-corrected chi connectivity index (χ1v) is 6.69. The van der Waals surface area contributed by atoms with E-state index in [1.54, 1.807) is 20.8 Å². The van der Waals surface area contributed by atoms with Gasteiger partial charge in [-0.25, -0.2) is 13.6 Å². The maximum Gasteiger partial charge on any atom is 0.408 e. The van der Waals surface area contributed by atoms with Gasteiger partial charge in [-0.1, -0.05) is 0 Å². The van der Waals surface area contributed by atoms with E-state index in [1.165, 1.54) is 0 Å². The Balaban J connectivity index is 2.18. The van der Waals surface area contributed by atoms with Gasteiger partial charge in [-0.3, -0.25) is 4.79 Å². The van der Waals surface area contributed by atoms with Crippen LogP contribution in [0.25, 0.3) is 0 Å². The predicted octanol–water partition coefficient (Wildman–Crippen LogP) is 2.33. The third-order valence-electron chi connectivity index (χ3n) is 2.78. The first-order valence-electron chi connectivity index (χ1n) is 6.69. The van der Waals surface area contributed by atoms with Crippen LogP contribution in [0.3, 0.4) is 0 Å². The summed E-state index contributed by atoms with van der Waals surface area (Å²) in [6, 6.07) is -0.974.